The molecule has 0 amide bonds. The first-order valence-corrected chi connectivity index (χ1v) is 4.65. The molecule has 0 aliphatic heterocycles. The van der Waals surface area contributed by atoms with Crippen LogP contribution < -0.4 is 5.48 Å². The average molecular weight is 195 g/mol. The lowest BCUT2D eigenvalue weighted by atomic mass is 9.96. The molecule has 0 aromatic heterocycles. The highest BCUT2D eigenvalue weighted by molar-refractivity contribution is 5.39. The third-order valence-corrected chi connectivity index (χ3v) is 1.80. The predicted octanol–water partition coefficient (Wildman–Crippen LogP) is 2.39. The summed E-state index contributed by atoms with van der Waals surface area (Å²) in [5, 5.41) is 9.56. The molecule has 1 aromatic carbocycles. The summed E-state index contributed by atoms with van der Waals surface area (Å²) in [6.07, 6.45) is -0.831. The maximum atomic E-state index is 9.56. The summed E-state index contributed by atoms with van der Waals surface area (Å²) in [6, 6.07) is 9.46. The fraction of sp³-hybridized carbons (Fsp3) is 0.455. The van der Waals surface area contributed by atoms with Crippen LogP contribution in [0.25, 0.3) is 0 Å². The summed E-state index contributed by atoms with van der Waals surface area (Å²) in [6.45, 7) is 5.72. The fourth-order valence-electron chi connectivity index (χ4n) is 0.807. The maximum absolute atomic E-state index is 9.56. The number of aliphatic hydroxyl groups is 1. The normalized spacial score (nSPS) is 13.7. The lowest BCUT2D eigenvalue weighted by Crippen LogP contribution is -2.30. The van der Waals surface area contributed by atoms with E-state index in [0.717, 1.165) is 5.69 Å². The van der Waals surface area contributed by atoms with Crippen molar-refractivity contribution in [2.75, 3.05) is 5.48 Å². The number of anilines is 1. The molecule has 0 radical (unpaired) electrons. The van der Waals surface area contributed by atoms with Crippen LogP contribution >= 0.6 is 0 Å². The van der Waals surface area contributed by atoms with E-state index in [4.69, 9.17) is 4.84 Å². The largest absolute Gasteiger partial charge is 0.366 e. The fourth-order valence-corrected chi connectivity index (χ4v) is 0.807. The molecule has 14 heavy (non-hydrogen) atoms. The van der Waals surface area contributed by atoms with Gasteiger partial charge in [-0.1, -0.05) is 39.0 Å². The second-order valence-electron chi connectivity index (χ2n) is 4.30. The summed E-state index contributed by atoms with van der Waals surface area (Å²) >= 11 is 0. The number of benzene rings is 1. The number of rotatable bonds is 3. The molecule has 0 saturated heterocycles. The maximum Gasteiger partial charge on any atom is 0.185 e. The zero-order valence-electron chi connectivity index (χ0n) is 8.82. The van der Waals surface area contributed by atoms with E-state index >= 15 is 0 Å². The molecule has 0 aliphatic rings. The monoisotopic (exact) mass is 195 g/mol. The first-order chi connectivity index (χ1) is 6.50. The minimum Gasteiger partial charge on any atom is -0.366 e. The van der Waals surface area contributed by atoms with E-state index in [0.29, 0.717) is 0 Å². The second kappa shape index (κ2) is 4.44. The summed E-state index contributed by atoms with van der Waals surface area (Å²) in [5.41, 5.74) is 3.24. The molecule has 1 rings (SSSR count). The molecule has 0 spiro atoms. The Labute approximate surface area is 84.7 Å². The Morgan fingerprint density at radius 3 is 2.29 bits per heavy atom. The van der Waals surface area contributed by atoms with Crippen LogP contribution in [0.15, 0.2) is 30.3 Å². The molecule has 1 atom stereocenters. The van der Waals surface area contributed by atoms with E-state index in [-0.39, 0.29) is 5.41 Å². The molecule has 2 N–H and O–H groups in total. The molecule has 0 heterocycles. The van der Waals surface area contributed by atoms with Gasteiger partial charge in [0.15, 0.2) is 6.29 Å². The number of nitrogens with one attached hydrogen (secondary N) is 1. The van der Waals surface area contributed by atoms with Crippen molar-refractivity contribution in [2.24, 2.45) is 5.41 Å². The van der Waals surface area contributed by atoms with Gasteiger partial charge in [0.25, 0.3) is 0 Å². The summed E-state index contributed by atoms with van der Waals surface area (Å²) in [4.78, 5) is 5.10. The molecule has 0 aliphatic carbocycles. The second-order valence-corrected chi connectivity index (χ2v) is 4.30. The quantitative estimate of drug-likeness (QED) is 0.574. The average Bonchev–Trinajstić information content (AvgIpc) is 2.14. The van der Waals surface area contributed by atoms with Gasteiger partial charge in [-0.2, -0.15) is 0 Å². The molecule has 1 aromatic rings. The molecular formula is C11H17NO2. The highest BCUT2D eigenvalue weighted by Gasteiger charge is 2.23. The van der Waals surface area contributed by atoms with Crippen LogP contribution in [0.3, 0.4) is 0 Å². The SMILES string of the molecule is CC(C)(C)C(O)ONc1ccccc1. The molecule has 0 fully saturated rings. The Morgan fingerprint density at radius 2 is 1.79 bits per heavy atom. The van der Waals surface area contributed by atoms with Crippen molar-refractivity contribution >= 4 is 5.69 Å². The van der Waals surface area contributed by atoms with Crippen LogP contribution in [0.2, 0.25) is 0 Å². The molecule has 0 bridgehead atoms. The van der Waals surface area contributed by atoms with Gasteiger partial charge < -0.3 is 5.11 Å². The molecule has 78 valence electrons. The topological polar surface area (TPSA) is 41.5 Å². The summed E-state index contributed by atoms with van der Waals surface area (Å²) < 4.78 is 0. The van der Waals surface area contributed by atoms with Crippen LogP contribution in [-0.2, 0) is 4.84 Å². The molecule has 3 nitrogen and oxygen atoms in total. The van der Waals surface area contributed by atoms with Crippen LogP contribution in [-0.4, -0.2) is 11.4 Å². The van der Waals surface area contributed by atoms with Gasteiger partial charge in [0.2, 0.25) is 0 Å². The van der Waals surface area contributed by atoms with E-state index in [1.807, 2.05) is 51.1 Å². The Morgan fingerprint density at radius 1 is 1.21 bits per heavy atom. The van der Waals surface area contributed by atoms with Gasteiger partial charge in [0.05, 0.1) is 5.69 Å². The van der Waals surface area contributed by atoms with E-state index < -0.39 is 6.29 Å². The lowest BCUT2D eigenvalue weighted by Gasteiger charge is -2.25. The lowest BCUT2D eigenvalue weighted by molar-refractivity contribution is -0.139. The van der Waals surface area contributed by atoms with Crippen molar-refractivity contribution in [3.63, 3.8) is 0 Å². The van der Waals surface area contributed by atoms with Gasteiger partial charge in [-0.3, -0.25) is 5.48 Å². The summed E-state index contributed by atoms with van der Waals surface area (Å²) in [7, 11) is 0. The number of para-hydroxylation sites is 1. The smallest absolute Gasteiger partial charge is 0.185 e. The zero-order valence-corrected chi connectivity index (χ0v) is 8.82. The van der Waals surface area contributed by atoms with Crippen molar-refractivity contribution in [3.8, 4) is 0 Å². The highest BCUT2D eigenvalue weighted by atomic mass is 16.7. The van der Waals surface area contributed by atoms with Gasteiger partial charge in [-0.25, -0.2) is 4.84 Å². The summed E-state index contributed by atoms with van der Waals surface area (Å²) in [5.74, 6) is 0. The predicted molar refractivity (Wildman–Crippen MR) is 56.6 cm³/mol. The van der Waals surface area contributed by atoms with Crippen molar-refractivity contribution in [2.45, 2.75) is 27.1 Å². The van der Waals surface area contributed by atoms with Crippen molar-refractivity contribution in [3.05, 3.63) is 30.3 Å². The van der Waals surface area contributed by atoms with Crippen LogP contribution in [0.5, 0.6) is 0 Å². The van der Waals surface area contributed by atoms with Crippen molar-refractivity contribution in [1.29, 1.82) is 0 Å². The Kier molecular flexibility index (Phi) is 3.49. The van der Waals surface area contributed by atoms with Gasteiger partial charge in [-0.05, 0) is 12.1 Å². The first kappa shape index (κ1) is 11.0. The van der Waals surface area contributed by atoms with E-state index in [2.05, 4.69) is 5.48 Å². The van der Waals surface area contributed by atoms with E-state index in [1.54, 1.807) is 0 Å². The van der Waals surface area contributed by atoms with Crippen molar-refractivity contribution < 1.29 is 9.94 Å². The minimum absolute atomic E-state index is 0.290. The third kappa shape index (κ3) is 3.36. The van der Waals surface area contributed by atoms with Gasteiger partial charge >= 0.3 is 0 Å². The van der Waals surface area contributed by atoms with Crippen LogP contribution in [0.4, 0.5) is 5.69 Å². The van der Waals surface area contributed by atoms with Gasteiger partial charge in [0.1, 0.15) is 0 Å². The molecule has 3 heteroatoms. The standard InChI is InChI=1S/C11H17NO2/c1-11(2,3)10(13)14-12-9-7-5-4-6-8-9/h4-8,10,12-13H,1-3H3. The minimum atomic E-state index is -0.831. The van der Waals surface area contributed by atoms with E-state index in [1.165, 1.54) is 0 Å². The van der Waals surface area contributed by atoms with Crippen LogP contribution in [0.1, 0.15) is 20.8 Å². The Bertz CT molecular complexity index is 266. The first-order valence-electron chi connectivity index (χ1n) is 4.65. The van der Waals surface area contributed by atoms with E-state index in [9.17, 15) is 5.11 Å². The Balaban J connectivity index is 2.42. The van der Waals surface area contributed by atoms with Crippen molar-refractivity contribution in [1.82, 2.24) is 0 Å². The Hall–Kier alpha value is -1.06. The van der Waals surface area contributed by atoms with Gasteiger partial charge in [-0.15, -0.1) is 0 Å². The van der Waals surface area contributed by atoms with Gasteiger partial charge in [0, 0.05) is 5.41 Å². The number of aliphatic hydroxyl groups excluding tert-OH is 1. The zero-order chi connectivity index (χ0) is 10.6. The molecule has 0 saturated carbocycles. The van der Waals surface area contributed by atoms with Crippen LogP contribution in [0, 0.1) is 5.41 Å². The molecule has 1 unspecified atom stereocenters. The number of hydrogen-bond donors (Lipinski definition) is 2. The number of hydrogen-bond acceptors (Lipinski definition) is 3. The highest BCUT2D eigenvalue weighted by Crippen LogP contribution is 2.20. The molecular weight excluding hydrogens is 178 g/mol. The third-order valence-electron chi connectivity index (χ3n) is 1.80.